The number of ether oxygens (including phenoxy) is 2. The van der Waals surface area contributed by atoms with Crippen molar-refractivity contribution in [3.8, 4) is 34.9 Å². The Labute approximate surface area is 559 Å². The third-order valence-electron chi connectivity index (χ3n) is 14.0. The van der Waals surface area contributed by atoms with Crippen LogP contribution in [0.15, 0.2) is 207 Å². The number of halogens is 4. The number of hydrogen-bond donors (Lipinski definition) is 0. The maximum atomic E-state index is 6.37. The molecule has 0 aliphatic rings. The first-order chi connectivity index (χ1) is 40.5. The van der Waals surface area contributed by atoms with Crippen LogP contribution in [0, 0.1) is 26.0 Å². The van der Waals surface area contributed by atoms with Crippen molar-refractivity contribution >= 4 is 199 Å². The van der Waals surface area contributed by atoms with Crippen LogP contribution >= 0.6 is 37.7 Å². The first-order valence-electron chi connectivity index (χ1n) is 26.4. The van der Waals surface area contributed by atoms with Gasteiger partial charge in [-0.15, -0.1) is 17.5 Å². The van der Waals surface area contributed by atoms with Crippen LogP contribution in [-0.2, 0) is 33.0 Å². The number of pyridine rings is 6. The average Bonchev–Trinajstić information content (AvgIpc) is 1.80. The normalized spacial score (nSPS) is 11.7. The topological polar surface area (TPSA) is 114 Å². The van der Waals surface area contributed by atoms with Gasteiger partial charge in [-0.3, -0.25) is 9.08 Å². The largest absolute Gasteiger partial charge is 2.00 e. The van der Waals surface area contributed by atoms with E-state index in [0.29, 0.717) is 23.3 Å². The predicted octanol–water partition coefficient (Wildman–Crippen LogP) is 16.8. The summed E-state index contributed by atoms with van der Waals surface area (Å²) in [6.45, 7) is 3.95. The number of benzene rings is 6. The van der Waals surface area contributed by atoms with E-state index in [4.69, 9.17) is 62.2 Å². The zero-order valence-corrected chi connectivity index (χ0v) is 58.9. The maximum absolute atomic E-state index is 6.37. The third-order valence-corrected chi connectivity index (χ3v) is 14.0. The van der Waals surface area contributed by atoms with Crippen LogP contribution in [0.25, 0.3) is 110 Å². The summed E-state index contributed by atoms with van der Waals surface area (Å²) in [6.07, 6.45) is 3.62. The molecule has 0 saturated carbocycles. The second kappa shape index (κ2) is 25.6. The Morgan fingerprint density at radius 1 is 0.429 bits per heavy atom. The molecule has 0 radical (unpaired) electrons. The van der Waals surface area contributed by atoms with Gasteiger partial charge in [-0.1, -0.05) is 113 Å². The number of nitrogens with zero attached hydrogens (tertiary/aromatic N) is 10. The molecular formula is C64H40Cl4K2N10O2Pt2. The summed E-state index contributed by atoms with van der Waals surface area (Å²) in [5.74, 6) is 4.01. The van der Waals surface area contributed by atoms with Crippen LogP contribution in [0.4, 0.5) is 0 Å². The first kappa shape index (κ1) is 59.7. The molecule has 0 spiro atoms. The van der Waals surface area contributed by atoms with E-state index in [0.717, 1.165) is 116 Å². The number of aryl methyl sites for hydroxylation is 2. The van der Waals surface area contributed by atoms with Crippen molar-refractivity contribution in [2.45, 2.75) is 13.8 Å². The Kier molecular flexibility index (Phi) is 18.2. The molecule has 12 nitrogen and oxygen atoms in total. The molecule has 0 fully saturated rings. The summed E-state index contributed by atoms with van der Waals surface area (Å²) < 4.78 is 20.9. The summed E-state index contributed by atoms with van der Waals surface area (Å²) >= 11 is -0.556. The van der Waals surface area contributed by atoms with Gasteiger partial charge in [0.25, 0.3) is 0 Å². The van der Waals surface area contributed by atoms with Crippen LogP contribution < -0.4 is 9.47 Å². The molecular weight excluding hydrogens is 1550 g/mol. The Hall–Kier alpha value is -4.65. The average molecular weight is 1590 g/mol. The molecule has 0 unspecified atom stereocenters. The van der Waals surface area contributed by atoms with Crippen molar-refractivity contribution in [2.24, 2.45) is 0 Å². The molecule has 0 aliphatic carbocycles. The first-order valence-corrected chi connectivity index (χ1v) is 53.7. The third kappa shape index (κ3) is 11.8. The van der Waals surface area contributed by atoms with Gasteiger partial charge in [0, 0.05) is 57.3 Å². The van der Waals surface area contributed by atoms with Gasteiger partial charge in [0.2, 0.25) is 5.88 Å². The summed E-state index contributed by atoms with van der Waals surface area (Å²) in [5, 5.41) is 18.2. The fraction of sp³-hybridized carbons (Fsp3) is 0.0312. The summed E-state index contributed by atoms with van der Waals surface area (Å²) in [5.41, 5.74) is 11.4. The predicted molar refractivity (Wildman–Crippen MR) is 335 cm³/mol. The fourth-order valence-corrected chi connectivity index (χ4v) is 10.9. The Balaban J connectivity index is 0.000000148. The molecule has 0 amide bonds. The molecule has 10 aromatic heterocycles. The van der Waals surface area contributed by atoms with Crippen LogP contribution in [0.1, 0.15) is 11.4 Å². The van der Waals surface area contributed by atoms with Crippen LogP contribution in [0.5, 0.6) is 23.3 Å². The standard InChI is InChI=1S/C32H21N5O.C32H19N5O.4ClH.2K.2Pt/c2*1-20-18-29-32-25(23-9-3-5-11-27(23)37(29)35-20)15-16-31(34-32)38-21-13-14-24-22-8-2-4-10-26(22)36(28(24)19-21)30-12-6-7-17-33-30;;;;;;;;/h2-19H,1H3;2-17H,1H3;4*1H;;;;/q;-2;;;;;;;+2;+4/p-4. The molecule has 16 aromatic rings. The molecule has 0 aliphatic heterocycles. The zero-order valence-electron chi connectivity index (χ0n) is 45.1. The van der Waals surface area contributed by atoms with E-state index in [1.54, 1.807) is 6.20 Å². The van der Waals surface area contributed by atoms with Gasteiger partial charge in [0.05, 0.1) is 33.3 Å². The number of hydrogen-bond acceptors (Lipinski definition) is 8. The molecule has 10 heterocycles. The van der Waals surface area contributed by atoms with Gasteiger partial charge >= 0.3 is 134 Å². The Morgan fingerprint density at radius 2 is 0.917 bits per heavy atom. The van der Waals surface area contributed by atoms with Gasteiger partial charge in [0.15, 0.2) is 5.88 Å². The van der Waals surface area contributed by atoms with E-state index in [2.05, 4.69) is 133 Å². The van der Waals surface area contributed by atoms with E-state index in [9.17, 15) is 0 Å². The van der Waals surface area contributed by atoms with E-state index in [1.165, 1.54) is 68.5 Å². The smallest absolute Gasteiger partial charge is 2.00 e. The van der Waals surface area contributed by atoms with Crippen LogP contribution in [0.2, 0.25) is 0 Å². The van der Waals surface area contributed by atoms with Gasteiger partial charge in [-0.2, -0.15) is 22.3 Å². The number of fused-ring (bicyclic) bond motifs is 18. The minimum Gasteiger partial charge on any atom is 2.00 e. The molecule has 20 heteroatoms. The van der Waals surface area contributed by atoms with Crippen molar-refractivity contribution in [3.63, 3.8) is 0 Å². The molecule has 16 rings (SSSR count). The Bertz CT molecular complexity index is 4820. The molecule has 408 valence electrons. The van der Waals surface area contributed by atoms with Crippen molar-refractivity contribution < 1.29 is 42.4 Å². The quantitative estimate of drug-likeness (QED) is 0.0919. The molecule has 84 heavy (non-hydrogen) atoms. The maximum Gasteiger partial charge on any atom is 2.00 e. The monoisotopic (exact) mass is 1590 g/mol. The molecule has 0 saturated heterocycles. The van der Waals surface area contributed by atoms with Gasteiger partial charge in [-0.25, -0.2) is 19.5 Å². The summed E-state index contributed by atoms with van der Waals surface area (Å²) in [4.78, 5) is 19.1. The van der Waals surface area contributed by atoms with Crippen molar-refractivity contribution in [1.29, 1.82) is 0 Å². The molecule has 6 aromatic carbocycles. The summed E-state index contributed by atoms with van der Waals surface area (Å²) in [6, 6.07) is 72.2. The van der Waals surface area contributed by atoms with Crippen molar-refractivity contribution in [1.82, 2.24) is 48.3 Å². The van der Waals surface area contributed by atoms with E-state index >= 15 is 0 Å². The second-order valence-corrected chi connectivity index (χ2v) is 38.7. The number of aromatic nitrogens is 10. The van der Waals surface area contributed by atoms with Crippen molar-refractivity contribution in [3.05, 3.63) is 230 Å². The van der Waals surface area contributed by atoms with Crippen molar-refractivity contribution in [2.75, 3.05) is 0 Å². The molecule has 0 atom stereocenters. The van der Waals surface area contributed by atoms with E-state index in [-0.39, 0.29) is 21.1 Å². The van der Waals surface area contributed by atoms with Gasteiger partial charge in [0.1, 0.15) is 22.9 Å². The van der Waals surface area contributed by atoms with Crippen LogP contribution in [0.3, 0.4) is 0 Å². The van der Waals surface area contributed by atoms with E-state index in [1.807, 2.05) is 126 Å². The second-order valence-electron chi connectivity index (χ2n) is 19.0. The zero-order chi connectivity index (χ0) is 56.9. The van der Waals surface area contributed by atoms with Gasteiger partial charge in [-0.05, 0) is 109 Å². The molecule has 0 N–H and O–H groups in total. The number of para-hydroxylation sites is 4. The summed E-state index contributed by atoms with van der Waals surface area (Å²) in [7, 11) is 20.0. The minimum atomic E-state index is -3.06. The Morgan fingerprint density at radius 3 is 1.55 bits per heavy atom. The van der Waals surface area contributed by atoms with Gasteiger partial charge < -0.3 is 19.0 Å². The minimum absolute atomic E-state index is 0. The van der Waals surface area contributed by atoms with Crippen LogP contribution in [-0.4, -0.2) is 111 Å². The SMILES string of the molecule is Cc1[c-]c2c3nc(Oc4[c-]c5c(cc4)c4ccccc4n5-c4ccccn4)ccc3c3ccccc3n2n1.Cc1cc2c3nc(Oc4ccc5c6ccccc6n(-c6ccccn6)c5c4)ccc3c3ccccc3n2n1.[Cl][Pt]([Cl])([Cl])[Cl].[K][K].[Pt+2]. The fourth-order valence-electron chi connectivity index (χ4n) is 10.9. The number of rotatable bonds is 6. The van der Waals surface area contributed by atoms with E-state index < -0.39 is 11.9 Å². The molecule has 0 bridgehead atoms.